The number of anilines is 1. The molecule has 4 atom stereocenters. The number of fused-ring (bicyclic) bond motifs is 18. The number of carboxylic acids is 1. The lowest BCUT2D eigenvalue weighted by Gasteiger charge is -2.26. The largest absolute Gasteiger partial charge is 0.480 e. The predicted octanol–water partition coefficient (Wildman–Crippen LogP) is 4.08. The summed E-state index contributed by atoms with van der Waals surface area (Å²) in [5.74, 6) is -4.51. The molecule has 0 unspecified atom stereocenters. The maximum absolute atomic E-state index is 14.2. The van der Waals surface area contributed by atoms with Crippen LogP contribution in [0.15, 0.2) is 90.3 Å². The van der Waals surface area contributed by atoms with Crippen LogP contribution in [0.3, 0.4) is 0 Å². The van der Waals surface area contributed by atoms with Crippen LogP contribution in [0.25, 0.3) is 0 Å². The van der Waals surface area contributed by atoms with Gasteiger partial charge in [0.2, 0.25) is 29.5 Å². The lowest BCUT2D eigenvalue weighted by atomic mass is 10.0. The van der Waals surface area contributed by atoms with Crippen LogP contribution in [0, 0.1) is 0 Å². The summed E-state index contributed by atoms with van der Waals surface area (Å²) >= 11 is 14.0. The van der Waals surface area contributed by atoms with Gasteiger partial charge >= 0.3 is 5.97 Å². The molecule has 1 aromatic heterocycles. The van der Waals surface area contributed by atoms with E-state index in [2.05, 4.69) is 26.6 Å². The third kappa shape index (κ3) is 11.6. The Kier molecular flexibility index (Phi) is 13.6. The molecule has 2 aliphatic rings. The highest BCUT2D eigenvalue weighted by Gasteiger charge is 2.32. The third-order valence-electron chi connectivity index (χ3n) is 8.50. The van der Waals surface area contributed by atoms with Crippen molar-refractivity contribution in [3.05, 3.63) is 122 Å². The Labute approximate surface area is 319 Å². The van der Waals surface area contributed by atoms with Crippen molar-refractivity contribution in [2.24, 2.45) is 0 Å². The number of carboxylic acid groups (broad SMARTS) is 1. The first-order chi connectivity index (χ1) is 25.4. The van der Waals surface area contributed by atoms with E-state index in [1.165, 1.54) is 17.4 Å². The van der Waals surface area contributed by atoms with Crippen LogP contribution in [0.5, 0.6) is 0 Å². The third-order valence-corrected chi connectivity index (χ3v) is 9.98. The number of hydrogen-bond acceptors (Lipinski definition) is 7. The topological polar surface area (TPSA) is 183 Å². The summed E-state index contributed by atoms with van der Waals surface area (Å²) in [7, 11) is 0. The fourth-order valence-corrected chi connectivity index (χ4v) is 6.95. The fraction of sp³-hybridized carbons (Fsp3) is 0.263. The molecular formula is C38H37Cl2N5O7S. The van der Waals surface area contributed by atoms with Gasteiger partial charge in [0.25, 0.3) is 0 Å². The van der Waals surface area contributed by atoms with Gasteiger partial charge in [0.15, 0.2) is 0 Å². The van der Waals surface area contributed by atoms with Crippen molar-refractivity contribution >= 4 is 75.7 Å². The van der Waals surface area contributed by atoms with Gasteiger partial charge in [-0.3, -0.25) is 24.0 Å². The number of carbonyl (C=O) groups excluding carboxylic acids is 5. The van der Waals surface area contributed by atoms with Gasteiger partial charge in [-0.15, -0.1) is 11.3 Å². The Morgan fingerprint density at radius 1 is 0.698 bits per heavy atom. The molecule has 0 saturated carbocycles. The van der Waals surface area contributed by atoms with Crippen molar-refractivity contribution in [3.63, 3.8) is 0 Å². The van der Waals surface area contributed by atoms with E-state index in [1.54, 1.807) is 78.9 Å². The highest BCUT2D eigenvalue weighted by Crippen LogP contribution is 2.23. The summed E-state index contributed by atoms with van der Waals surface area (Å²) in [6.07, 6.45) is -0.534. The van der Waals surface area contributed by atoms with Gasteiger partial charge in [-0.1, -0.05) is 77.8 Å². The number of amides is 5. The Balaban J connectivity index is 1.51. The number of rotatable bonds is 7. The maximum atomic E-state index is 14.2. The average molecular weight is 779 g/mol. The second kappa shape index (κ2) is 18.5. The minimum absolute atomic E-state index is 0.00141. The van der Waals surface area contributed by atoms with E-state index in [1.807, 2.05) is 5.38 Å². The van der Waals surface area contributed by atoms with Crippen molar-refractivity contribution in [2.75, 3.05) is 5.32 Å². The van der Waals surface area contributed by atoms with Crippen LogP contribution < -0.4 is 26.6 Å². The molecule has 0 fully saturated rings. The molecule has 0 radical (unpaired) electrons. The summed E-state index contributed by atoms with van der Waals surface area (Å²) in [5, 5.41) is 26.0. The number of hydrogen-bond donors (Lipinski definition) is 6. The predicted molar refractivity (Wildman–Crippen MR) is 202 cm³/mol. The van der Waals surface area contributed by atoms with Crippen molar-refractivity contribution in [2.45, 2.75) is 62.7 Å². The first-order valence-corrected chi connectivity index (χ1v) is 18.4. The number of carbonyl (C=O) groups is 6. The van der Waals surface area contributed by atoms with Crippen LogP contribution in [-0.4, -0.2) is 64.8 Å². The standard InChI is InChI=1S/C38H37Cl2N5O7S/c39-25-11-10-24(28(40)20-25)19-30-36(49)43-29(17-22-5-2-1-3-6-22)35(48)45-32(38(51)52)18-23-8-12-26(13-9-23)41-33(46)14-15-34(47)42-31(37(50)44-30)21-27-7-4-16-53-27/h1-13,16,20,29-32H,14-15,17-19,21H2,(H,41,46)(H,42,47)(H,43,49)(H,44,50)(H,45,48)(H,51,52)/t29-,30+,31-,32+/m1/s1. The minimum Gasteiger partial charge on any atom is -0.480 e. The van der Waals surface area contributed by atoms with E-state index in [0.29, 0.717) is 27.4 Å². The minimum atomic E-state index is -1.37. The molecular weight excluding hydrogens is 741 g/mol. The Bertz CT molecular complexity index is 1940. The number of halogens is 2. The summed E-state index contributed by atoms with van der Waals surface area (Å²) < 4.78 is 0. The van der Waals surface area contributed by atoms with Gasteiger partial charge < -0.3 is 31.7 Å². The molecule has 4 aromatic rings. The van der Waals surface area contributed by atoms with Gasteiger partial charge in [0.1, 0.15) is 24.2 Å². The molecule has 0 spiro atoms. The second-order valence-corrected chi connectivity index (χ2v) is 14.4. The van der Waals surface area contributed by atoms with Crippen LogP contribution in [0.1, 0.15) is 34.4 Å². The zero-order chi connectivity index (χ0) is 37.9. The summed E-state index contributed by atoms with van der Waals surface area (Å²) in [5.41, 5.74) is 2.13. The van der Waals surface area contributed by atoms with E-state index in [-0.39, 0.29) is 43.5 Å². The SMILES string of the molecule is O=C1CCC(=O)N[C@H](Cc2cccs2)C(=O)N[C@@H](Cc2ccc(Cl)cc2Cl)C(=O)N[C@H](Cc2ccccc2)C(=O)N[C@H](C(=O)O)Cc2ccc(cc2)N1. The fourth-order valence-electron chi connectivity index (χ4n) is 5.71. The van der Waals surface area contributed by atoms with E-state index in [9.17, 15) is 33.9 Å². The van der Waals surface area contributed by atoms with Crippen LogP contribution in [0.2, 0.25) is 10.0 Å². The van der Waals surface area contributed by atoms with Crippen LogP contribution >= 0.6 is 34.5 Å². The molecule has 3 heterocycles. The Morgan fingerprint density at radius 3 is 1.98 bits per heavy atom. The molecule has 15 heteroatoms. The molecule has 12 nitrogen and oxygen atoms in total. The molecule has 2 aliphatic heterocycles. The van der Waals surface area contributed by atoms with E-state index >= 15 is 0 Å². The molecule has 6 N–H and O–H groups in total. The zero-order valence-corrected chi connectivity index (χ0v) is 30.6. The average Bonchev–Trinajstić information content (AvgIpc) is 3.64. The smallest absolute Gasteiger partial charge is 0.326 e. The molecule has 276 valence electrons. The maximum Gasteiger partial charge on any atom is 0.326 e. The Hall–Kier alpha value is -5.24. The molecule has 2 bridgehead atoms. The Morgan fingerprint density at radius 2 is 1.34 bits per heavy atom. The lowest BCUT2D eigenvalue weighted by Crippen LogP contribution is -2.59. The van der Waals surface area contributed by atoms with Gasteiger partial charge in [-0.25, -0.2) is 4.79 Å². The van der Waals surface area contributed by atoms with Crippen molar-refractivity contribution in [1.82, 2.24) is 21.3 Å². The second-order valence-electron chi connectivity index (χ2n) is 12.5. The first kappa shape index (κ1) is 39.0. The van der Waals surface area contributed by atoms with E-state index in [4.69, 9.17) is 23.2 Å². The highest BCUT2D eigenvalue weighted by atomic mass is 35.5. The summed E-state index contributed by atoms with van der Waals surface area (Å²) in [6, 6.07) is 18.5. The molecule has 53 heavy (non-hydrogen) atoms. The molecule has 5 amide bonds. The quantitative estimate of drug-likeness (QED) is 0.153. The van der Waals surface area contributed by atoms with Gasteiger partial charge in [0.05, 0.1) is 0 Å². The van der Waals surface area contributed by atoms with Crippen molar-refractivity contribution < 1.29 is 33.9 Å². The van der Waals surface area contributed by atoms with Crippen molar-refractivity contribution in [1.29, 1.82) is 0 Å². The normalized spacial score (nSPS) is 20.6. The monoisotopic (exact) mass is 777 g/mol. The first-order valence-electron chi connectivity index (χ1n) is 16.8. The highest BCUT2D eigenvalue weighted by molar-refractivity contribution is 7.09. The van der Waals surface area contributed by atoms with E-state index in [0.717, 1.165) is 4.88 Å². The van der Waals surface area contributed by atoms with Crippen molar-refractivity contribution in [3.8, 4) is 0 Å². The molecule has 3 aromatic carbocycles. The van der Waals surface area contributed by atoms with Gasteiger partial charge in [-0.2, -0.15) is 0 Å². The summed E-state index contributed by atoms with van der Waals surface area (Å²) in [4.78, 5) is 81.1. The van der Waals surface area contributed by atoms with Gasteiger partial charge in [0, 0.05) is 59.1 Å². The number of nitrogens with one attached hydrogen (secondary N) is 5. The van der Waals surface area contributed by atoms with Gasteiger partial charge in [-0.05, 0) is 52.4 Å². The molecule has 6 rings (SSSR count). The molecule has 0 saturated heterocycles. The van der Waals surface area contributed by atoms with Crippen LogP contribution in [0.4, 0.5) is 5.69 Å². The molecule has 0 aliphatic carbocycles. The number of benzene rings is 3. The number of aliphatic carboxylic acids is 1. The van der Waals surface area contributed by atoms with E-state index < -0.39 is 59.7 Å². The van der Waals surface area contributed by atoms with Crippen LogP contribution in [-0.2, 0) is 54.5 Å². The number of thiophene rings is 1. The lowest BCUT2D eigenvalue weighted by molar-refractivity contribution is -0.142. The zero-order valence-electron chi connectivity index (χ0n) is 28.3. The summed E-state index contributed by atoms with van der Waals surface area (Å²) in [6.45, 7) is 0.